The van der Waals surface area contributed by atoms with Gasteiger partial charge < -0.3 is 5.32 Å². The van der Waals surface area contributed by atoms with Crippen LogP contribution < -0.4 is 5.32 Å². The van der Waals surface area contributed by atoms with Gasteiger partial charge in [0.05, 0.1) is 5.56 Å². The molecule has 0 radical (unpaired) electrons. The summed E-state index contributed by atoms with van der Waals surface area (Å²) in [6.07, 6.45) is 8.08. The number of carbonyl (C=O) groups is 1. The highest BCUT2D eigenvalue weighted by Crippen LogP contribution is 2.38. The highest BCUT2D eigenvalue weighted by atomic mass is 32.2. The van der Waals surface area contributed by atoms with E-state index in [2.05, 4.69) is 11.6 Å². The molecule has 1 N–H and O–H groups in total. The zero-order chi connectivity index (χ0) is 14.6. The Morgan fingerprint density at radius 3 is 2.70 bits per heavy atom. The van der Waals surface area contributed by atoms with Gasteiger partial charge in [-0.3, -0.25) is 4.79 Å². The predicted molar refractivity (Wildman–Crippen MR) is 82.8 cm³/mol. The Hall–Kier alpha value is -1.03. The first-order valence-electron chi connectivity index (χ1n) is 7.16. The minimum atomic E-state index is -0.410. The number of amides is 1. The standard InChI is InChI=1S/C16H22FNOS/c1-12-7-6-8-13(14(12)17)15(19)18-11-16(20-2)9-4-3-5-10-16/h6-8H,3-5,9-11H2,1-2H3,(H,18,19). The summed E-state index contributed by atoms with van der Waals surface area (Å²) in [7, 11) is 0. The lowest BCUT2D eigenvalue weighted by molar-refractivity contribution is 0.0942. The normalized spacial score (nSPS) is 17.8. The second-order valence-corrected chi connectivity index (χ2v) is 6.84. The SMILES string of the molecule is CSC1(CNC(=O)c2cccc(C)c2F)CCCCC1. The Morgan fingerprint density at radius 1 is 1.35 bits per heavy atom. The Morgan fingerprint density at radius 2 is 2.05 bits per heavy atom. The fourth-order valence-electron chi connectivity index (χ4n) is 2.81. The molecular formula is C16H22FNOS. The van der Waals surface area contributed by atoms with E-state index in [9.17, 15) is 9.18 Å². The number of aryl methyl sites for hydroxylation is 1. The summed E-state index contributed by atoms with van der Waals surface area (Å²) in [5.41, 5.74) is 0.659. The van der Waals surface area contributed by atoms with Crippen molar-refractivity contribution in [2.75, 3.05) is 12.8 Å². The van der Waals surface area contributed by atoms with Crippen LogP contribution in [0.15, 0.2) is 18.2 Å². The smallest absolute Gasteiger partial charge is 0.254 e. The second kappa shape index (κ2) is 6.61. The molecule has 1 aromatic carbocycles. The lowest BCUT2D eigenvalue weighted by Crippen LogP contribution is -2.42. The van der Waals surface area contributed by atoms with Gasteiger partial charge in [-0.05, 0) is 37.7 Å². The van der Waals surface area contributed by atoms with Crippen molar-refractivity contribution in [3.05, 3.63) is 35.1 Å². The minimum absolute atomic E-state index is 0.133. The Labute approximate surface area is 124 Å². The number of benzene rings is 1. The molecule has 1 aliphatic carbocycles. The molecule has 4 heteroatoms. The number of halogens is 1. The molecule has 1 aliphatic rings. The fourth-order valence-corrected chi connectivity index (χ4v) is 3.72. The third-order valence-electron chi connectivity index (χ3n) is 4.21. The fraction of sp³-hybridized carbons (Fsp3) is 0.562. The van der Waals surface area contributed by atoms with E-state index in [0.29, 0.717) is 12.1 Å². The van der Waals surface area contributed by atoms with E-state index in [4.69, 9.17) is 0 Å². The average molecular weight is 295 g/mol. The zero-order valence-corrected chi connectivity index (χ0v) is 13.0. The predicted octanol–water partition coefficient (Wildman–Crippen LogP) is 3.93. The molecular weight excluding hydrogens is 273 g/mol. The molecule has 1 amide bonds. The summed E-state index contributed by atoms with van der Waals surface area (Å²) in [6.45, 7) is 2.30. The van der Waals surface area contributed by atoms with Crippen LogP contribution in [-0.4, -0.2) is 23.5 Å². The van der Waals surface area contributed by atoms with E-state index in [-0.39, 0.29) is 16.2 Å². The molecule has 1 aromatic rings. The maximum atomic E-state index is 13.9. The molecule has 1 fully saturated rings. The number of thioether (sulfide) groups is 1. The number of hydrogen-bond donors (Lipinski definition) is 1. The van der Waals surface area contributed by atoms with Gasteiger partial charge in [-0.1, -0.05) is 31.4 Å². The van der Waals surface area contributed by atoms with Gasteiger partial charge in [-0.15, -0.1) is 0 Å². The van der Waals surface area contributed by atoms with Crippen LogP contribution >= 0.6 is 11.8 Å². The van der Waals surface area contributed by atoms with Crippen LogP contribution in [0, 0.1) is 12.7 Å². The first-order chi connectivity index (χ1) is 9.58. The molecule has 1 saturated carbocycles. The highest BCUT2D eigenvalue weighted by Gasteiger charge is 2.31. The van der Waals surface area contributed by atoms with Crippen molar-refractivity contribution in [3.8, 4) is 0 Å². The van der Waals surface area contributed by atoms with E-state index in [1.54, 1.807) is 25.1 Å². The maximum absolute atomic E-state index is 13.9. The largest absolute Gasteiger partial charge is 0.351 e. The summed E-state index contributed by atoms with van der Waals surface area (Å²) in [5, 5.41) is 2.93. The van der Waals surface area contributed by atoms with Gasteiger partial charge in [0.2, 0.25) is 0 Å². The Kier molecular flexibility index (Phi) is 5.08. The molecule has 0 spiro atoms. The molecule has 0 atom stereocenters. The summed E-state index contributed by atoms with van der Waals surface area (Å²) < 4.78 is 14.1. The van der Waals surface area contributed by atoms with Crippen molar-refractivity contribution >= 4 is 17.7 Å². The van der Waals surface area contributed by atoms with Crippen molar-refractivity contribution in [2.45, 2.75) is 43.8 Å². The molecule has 0 bridgehead atoms. The summed E-state index contributed by atoms with van der Waals surface area (Å²) in [5.74, 6) is -0.711. The van der Waals surface area contributed by atoms with Crippen molar-refractivity contribution in [1.82, 2.24) is 5.32 Å². The second-order valence-electron chi connectivity index (χ2n) is 5.57. The lowest BCUT2D eigenvalue weighted by atomic mass is 9.88. The van der Waals surface area contributed by atoms with Crippen molar-refractivity contribution in [2.24, 2.45) is 0 Å². The highest BCUT2D eigenvalue weighted by molar-refractivity contribution is 8.00. The summed E-state index contributed by atoms with van der Waals surface area (Å²) >= 11 is 1.83. The first kappa shape index (κ1) is 15.4. The van der Waals surface area contributed by atoms with Gasteiger partial charge in [0.15, 0.2) is 0 Å². The van der Waals surface area contributed by atoms with E-state index in [1.807, 2.05) is 11.8 Å². The summed E-state index contributed by atoms with van der Waals surface area (Å²) in [6, 6.07) is 4.94. The van der Waals surface area contributed by atoms with E-state index in [1.165, 1.54) is 19.3 Å². The van der Waals surface area contributed by atoms with Crippen molar-refractivity contribution in [3.63, 3.8) is 0 Å². The van der Waals surface area contributed by atoms with Gasteiger partial charge in [-0.25, -0.2) is 4.39 Å². The van der Waals surface area contributed by atoms with Crippen LogP contribution in [0.4, 0.5) is 4.39 Å². The van der Waals surface area contributed by atoms with Crippen molar-refractivity contribution in [1.29, 1.82) is 0 Å². The monoisotopic (exact) mass is 295 g/mol. The van der Waals surface area contributed by atoms with Crippen LogP contribution in [0.3, 0.4) is 0 Å². The maximum Gasteiger partial charge on any atom is 0.254 e. The Balaban J connectivity index is 2.02. The van der Waals surface area contributed by atoms with Crippen molar-refractivity contribution < 1.29 is 9.18 Å². The van der Waals surface area contributed by atoms with E-state index >= 15 is 0 Å². The van der Waals surface area contributed by atoms with Gasteiger partial charge in [0, 0.05) is 11.3 Å². The Bertz CT molecular complexity index is 483. The molecule has 20 heavy (non-hydrogen) atoms. The quantitative estimate of drug-likeness (QED) is 0.912. The van der Waals surface area contributed by atoms with Gasteiger partial charge in [-0.2, -0.15) is 11.8 Å². The molecule has 2 rings (SSSR count). The molecule has 110 valence electrons. The number of carbonyl (C=O) groups excluding carboxylic acids is 1. The third kappa shape index (κ3) is 3.35. The third-order valence-corrected chi connectivity index (χ3v) is 5.62. The van der Waals surface area contributed by atoms with Crippen LogP contribution in [0.5, 0.6) is 0 Å². The molecule has 0 aliphatic heterocycles. The summed E-state index contributed by atoms with van der Waals surface area (Å²) in [4.78, 5) is 12.2. The number of hydrogen-bond acceptors (Lipinski definition) is 2. The number of rotatable bonds is 4. The van der Waals surface area contributed by atoms with Gasteiger partial charge in [0.25, 0.3) is 5.91 Å². The van der Waals surface area contributed by atoms with Gasteiger partial charge >= 0.3 is 0 Å². The van der Waals surface area contributed by atoms with Crippen LogP contribution in [0.25, 0.3) is 0 Å². The first-order valence-corrected chi connectivity index (χ1v) is 8.39. The number of nitrogens with one attached hydrogen (secondary N) is 1. The average Bonchev–Trinajstić information content (AvgIpc) is 2.48. The molecule has 2 nitrogen and oxygen atoms in total. The molecule has 0 saturated heterocycles. The lowest BCUT2D eigenvalue weighted by Gasteiger charge is -2.35. The molecule has 0 unspecified atom stereocenters. The molecule has 0 aromatic heterocycles. The topological polar surface area (TPSA) is 29.1 Å². The van der Waals surface area contributed by atoms with E-state index < -0.39 is 5.82 Å². The zero-order valence-electron chi connectivity index (χ0n) is 12.2. The van der Waals surface area contributed by atoms with Crippen LogP contribution in [0.1, 0.15) is 48.0 Å². The van der Waals surface area contributed by atoms with Gasteiger partial charge in [0.1, 0.15) is 5.82 Å². The molecule has 0 heterocycles. The van der Waals surface area contributed by atoms with Crippen LogP contribution in [-0.2, 0) is 0 Å². The minimum Gasteiger partial charge on any atom is -0.351 e. The van der Waals surface area contributed by atoms with Crippen LogP contribution in [0.2, 0.25) is 0 Å². The van der Waals surface area contributed by atoms with E-state index in [0.717, 1.165) is 12.8 Å².